The number of amides is 1. The van der Waals surface area contributed by atoms with Crippen LogP contribution in [-0.4, -0.2) is 90.2 Å². The molecule has 9 nitrogen and oxygen atoms in total. The molecule has 0 saturated carbocycles. The zero-order valence-electron chi connectivity index (χ0n) is 17.6. The standard InChI is InChI=1S/C19H31N7O2S/c1-4-6-15-13-17(28)26-18(21-15)29-19(22-26)24(3)14-16(27)20-7-5-8-25-11-9-23(2)10-12-25/h13H,4-12,14H2,1-3H3,(H,20,27). The molecule has 0 radical (unpaired) electrons. The van der Waals surface area contributed by atoms with Crippen LogP contribution in [0.1, 0.15) is 25.5 Å². The van der Waals surface area contributed by atoms with Crippen molar-refractivity contribution in [2.45, 2.75) is 26.2 Å². The van der Waals surface area contributed by atoms with E-state index in [4.69, 9.17) is 0 Å². The Morgan fingerprint density at radius 3 is 2.79 bits per heavy atom. The molecule has 2 aromatic rings. The highest BCUT2D eigenvalue weighted by atomic mass is 32.1. The Hall–Kier alpha value is -2.04. The van der Waals surface area contributed by atoms with Gasteiger partial charge in [0.1, 0.15) is 0 Å². The third-order valence-corrected chi connectivity index (χ3v) is 6.09. The molecule has 0 unspecified atom stereocenters. The molecule has 1 N–H and O–H groups in total. The average molecular weight is 422 g/mol. The van der Waals surface area contributed by atoms with Crippen molar-refractivity contribution in [3.63, 3.8) is 0 Å². The van der Waals surface area contributed by atoms with Crippen LogP contribution in [0.4, 0.5) is 5.13 Å². The van der Waals surface area contributed by atoms with Crippen LogP contribution in [0.3, 0.4) is 0 Å². The Bertz CT molecular complexity index is 873. The first-order chi connectivity index (χ1) is 14.0. The minimum atomic E-state index is -0.178. The number of hydrogen-bond acceptors (Lipinski definition) is 8. The summed E-state index contributed by atoms with van der Waals surface area (Å²) in [5.74, 6) is -0.0443. The van der Waals surface area contributed by atoms with Gasteiger partial charge in [0.05, 0.1) is 6.54 Å². The van der Waals surface area contributed by atoms with Crippen LogP contribution in [-0.2, 0) is 11.2 Å². The van der Waals surface area contributed by atoms with Crippen LogP contribution in [0, 0.1) is 0 Å². The number of rotatable bonds is 9. The van der Waals surface area contributed by atoms with Crippen LogP contribution in [0.2, 0.25) is 0 Å². The Morgan fingerprint density at radius 1 is 1.31 bits per heavy atom. The van der Waals surface area contributed by atoms with Crippen molar-refractivity contribution < 1.29 is 4.79 Å². The SMILES string of the molecule is CCCc1cc(=O)n2nc(N(C)CC(=O)NCCCN3CCN(C)CC3)sc2n1. The number of likely N-dealkylation sites (N-methyl/N-ethyl adjacent to an activating group) is 2. The lowest BCUT2D eigenvalue weighted by Crippen LogP contribution is -2.45. The molecule has 1 aliphatic heterocycles. The van der Waals surface area contributed by atoms with Gasteiger partial charge in [-0.25, -0.2) is 4.98 Å². The van der Waals surface area contributed by atoms with Crippen LogP contribution in [0.5, 0.6) is 0 Å². The van der Waals surface area contributed by atoms with Crippen molar-refractivity contribution >= 4 is 27.3 Å². The van der Waals surface area contributed by atoms with Gasteiger partial charge in [0, 0.05) is 51.5 Å². The van der Waals surface area contributed by atoms with E-state index in [0.29, 0.717) is 16.6 Å². The Labute approximate surface area is 175 Å². The third-order valence-electron chi connectivity index (χ3n) is 5.07. The number of hydrogen-bond donors (Lipinski definition) is 1. The van der Waals surface area contributed by atoms with Gasteiger partial charge < -0.3 is 20.0 Å². The van der Waals surface area contributed by atoms with Crippen LogP contribution in [0.15, 0.2) is 10.9 Å². The second-order valence-corrected chi connectivity index (χ2v) is 8.55. The summed E-state index contributed by atoms with van der Waals surface area (Å²) in [7, 11) is 3.95. The molecule has 0 atom stereocenters. The van der Waals surface area contributed by atoms with Gasteiger partial charge in [-0.1, -0.05) is 24.7 Å². The first-order valence-corrected chi connectivity index (χ1v) is 11.1. The highest BCUT2D eigenvalue weighted by molar-refractivity contribution is 7.20. The monoisotopic (exact) mass is 421 g/mol. The van der Waals surface area contributed by atoms with E-state index in [1.165, 1.54) is 21.9 Å². The van der Waals surface area contributed by atoms with Gasteiger partial charge in [-0.05, 0) is 26.4 Å². The molecule has 1 fully saturated rings. The van der Waals surface area contributed by atoms with Crippen molar-refractivity contribution in [2.75, 3.05) is 64.8 Å². The summed E-state index contributed by atoms with van der Waals surface area (Å²) in [4.78, 5) is 36.1. The molecule has 10 heteroatoms. The zero-order valence-corrected chi connectivity index (χ0v) is 18.4. The maximum atomic E-state index is 12.3. The Balaban J connectivity index is 1.46. The smallest absolute Gasteiger partial charge is 0.275 e. The summed E-state index contributed by atoms with van der Waals surface area (Å²) in [5, 5.41) is 7.91. The van der Waals surface area contributed by atoms with Crippen molar-refractivity contribution in [3.8, 4) is 0 Å². The fraction of sp³-hybridized carbons (Fsp3) is 0.684. The number of aromatic nitrogens is 3. The molecular weight excluding hydrogens is 390 g/mol. The summed E-state index contributed by atoms with van der Waals surface area (Å²) >= 11 is 1.32. The normalized spacial score (nSPS) is 15.7. The van der Waals surface area contributed by atoms with E-state index in [-0.39, 0.29) is 18.0 Å². The molecule has 0 aromatic carbocycles. The van der Waals surface area contributed by atoms with Crippen molar-refractivity contribution in [2.24, 2.45) is 0 Å². The molecule has 0 spiro atoms. The maximum absolute atomic E-state index is 12.3. The number of nitrogens with zero attached hydrogens (tertiary/aromatic N) is 6. The van der Waals surface area contributed by atoms with E-state index in [1.807, 2.05) is 0 Å². The van der Waals surface area contributed by atoms with Gasteiger partial charge in [0.15, 0.2) is 0 Å². The maximum Gasteiger partial charge on any atom is 0.275 e. The number of carbonyl (C=O) groups is 1. The zero-order chi connectivity index (χ0) is 20.8. The van der Waals surface area contributed by atoms with Crippen molar-refractivity contribution in [3.05, 3.63) is 22.1 Å². The Morgan fingerprint density at radius 2 is 2.07 bits per heavy atom. The van der Waals surface area contributed by atoms with Gasteiger partial charge in [-0.2, -0.15) is 4.52 Å². The molecule has 3 rings (SSSR count). The largest absolute Gasteiger partial charge is 0.355 e. The molecule has 2 aromatic heterocycles. The minimum absolute atomic E-state index is 0.0443. The topological polar surface area (TPSA) is 86.1 Å². The molecular formula is C19H31N7O2S. The first-order valence-electron chi connectivity index (χ1n) is 10.2. The molecule has 160 valence electrons. The lowest BCUT2D eigenvalue weighted by Gasteiger charge is -2.32. The van der Waals surface area contributed by atoms with Crippen molar-refractivity contribution in [1.29, 1.82) is 0 Å². The molecule has 3 heterocycles. The second-order valence-electron chi connectivity index (χ2n) is 7.62. The van der Waals surface area contributed by atoms with Crippen LogP contribution in [0.25, 0.3) is 4.96 Å². The van der Waals surface area contributed by atoms with E-state index in [1.54, 1.807) is 11.9 Å². The lowest BCUT2D eigenvalue weighted by atomic mass is 10.2. The highest BCUT2D eigenvalue weighted by Gasteiger charge is 2.15. The quantitative estimate of drug-likeness (QED) is 0.583. The van der Waals surface area contributed by atoms with E-state index in [0.717, 1.165) is 57.7 Å². The Kier molecular flexibility index (Phi) is 7.57. The van der Waals surface area contributed by atoms with E-state index >= 15 is 0 Å². The third kappa shape index (κ3) is 5.97. The minimum Gasteiger partial charge on any atom is -0.355 e. The summed E-state index contributed by atoms with van der Waals surface area (Å²) in [6.07, 6.45) is 2.65. The number of aryl methyl sites for hydroxylation is 1. The fourth-order valence-corrected chi connectivity index (χ4v) is 4.21. The molecule has 1 saturated heterocycles. The van der Waals surface area contributed by atoms with Crippen molar-refractivity contribution in [1.82, 2.24) is 29.7 Å². The fourth-order valence-electron chi connectivity index (χ4n) is 3.33. The second kappa shape index (κ2) is 10.1. The molecule has 29 heavy (non-hydrogen) atoms. The highest BCUT2D eigenvalue weighted by Crippen LogP contribution is 2.20. The number of piperazine rings is 1. The van der Waals surface area contributed by atoms with E-state index in [2.05, 4.69) is 39.2 Å². The predicted molar refractivity (Wildman–Crippen MR) is 116 cm³/mol. The number of anilines is 1. The molecule has 1 aliphatic rings. The number of carbonyl (C=O) groups excluding carboxylic acids is 1. The average Bonchev–Trinajstić information content (AvgIpc) is 3.12. The van der Waals surface area contributed by atoms with Gasteiger partial charge in [-0.15, -0.1) is 5.10 Å². The van der Waals surface area contributed by atoms with Crippen LogP contribution < -0.4 is 15.8 Å². The summed E-state index contributed by atoms with van der Waals surface area (Å²) in [6.45, 7) is 8.34. The summed E-state index contributed by atoms with van der Waals surface area (Å²) in [6, 6.07) is 1.53. The van der Waals surface area contributed by atoms with Gasteiger partial charge >= 0.3 is 0 Å². The molecule has 1 amide bonds. The van der Waals surface area contributed by atoms with Gasteiger partial charge in [0.25, 0.3) is 5.56 Å². The lowest BCUT2D eigenvalue weighted by molar-refractivity contribution is -0.119. The van der Waals surface area contributed by atoms with Gasteiger partial charge in [-0.3, -0.25) is 9.59 Å². The van der Waals surface area contributed by atoms with Gasteiger partial charge in [0.2, 0.25) is 16.0 Å². The number of nitrogens with one attached hydrogen (secondary N) is 1. The van der Waals surface area contributed by atoms with E-state index in [9.17, 15) is 9.59 Å². The molecule has 0 aliphatic carbocycles. The van der Waals surface area contributed by atoms with E-state index < -0.39 is 0 Å². The number of fused-ring (bicyclic) bond motifs is 1. The first kappa shape index (κ1) is 21.7. The predicted octanol–water partition coefficient (Wildman–Crippen LogP) is 0.293. The summed E-state index contributed by atoms with van der Waals surface area (Å²) in [5.41, 5.74) is 0.608. The summed E-state index contributed by atoms with van der Waals surface area (Å²) < 4.78 is 1.31. The van der Waals surface area contributed by atoms with Crippen LogP contribution >= 0.6 is 11.3 Å². The molecule has 0 bridgehead atoms.